The van der Waals surface area contributed by atoms with E-state index in [0.29, 0.717) is 26.1 Å². The Hall–Kier alpha value is -1.79. The summed E-state index contributed by atoms with van der Waals surface area (Å²) in [6.07, 6.45) is 9.89. The summed E-state index contributed by atoms with van der Waals surface area (Å²) < 4.78 is 11.0. The summed E-state index contributed by atoms with van der Waals surface area (Å²) in [5, 5.41) is 0. The van der Waals surface area contributed by atoms with Crippen molar-refractivity contribution in [2.45, 2.75) is 97.7 Å². The largest absolute Gasteiger partial charge is 0.460 e. The first-order valence-electron chi connectivity index (χ1n) is 10.7. The Kier molecular flexibility index (Phi) is 12.3. The molecule has 0 aliphatic carbocycles. The van der Waals surface area contributed by atoms with Crippen molar-refractivity contribution in [2.24, 2.45) is 0 Å². The molecule has 28 heavy (non-hydrogen) atoms. The molecule has 0 N–H and O–H groups in total. The van der Waals surface area contributed by atoms with E-state index in [2.05, 4.69) is 18.8 Å². The third-order valence-electron chi connectivity index (χ3n) is 4.28. The Balaban J connectivity index is 2.14. The van der Waals surface area contributed by atoms with E-state index in [1.165, 1.54) is 38.5 Å². The van der Waals surface area contributed by atoms with Gasteiger partial charge in [-0.1, -0.05) is 69.2 Å². The lowest BCUT2D eigenvalue weighted by atomic mass is 10.1. The van der Waals surface area contributed by atoms with Gasteiger partial charge in [-0.05, 0) is 44.7 Å². The standard InChI is InChI=1S/C25H38O3/c1-5-6-7-8-9-10-11-12-13-20-27-21-23-16-14-22(15-17-23)18-19-24(26)28-25(2,3)4/h14-17H,5-11,18-21H2,1-4H3. The van der Waals surface area contributed by atoms with Crippen LogP contribution in [-0.2, 0) is 27.3 Å². The minimum atomic E-state index is -0.421. The molecular weight excluding hydrogens is 348 g/mol. The summed E-state index contributed by atoms with van der Waals surface area (Å²) >= 11 is 0. The van der Waals surface area contributed by atoms with Gasteiger partial charge in [0.1, 0.15) is 12.2 Å². The second kappa shape index (κ2) is 14.2. The highest BCUT2D eigenvalue weighted by Gasteiger charge is 2.15. The first kappa shape index (κ1) is 24.2. The van der Waals surface area contributed by atoms with Gasteiger partial charge in [-0.2, -0.15) is 0 Å². The van der Waals surface area contributed by atoms with Gasteiger partial charge in [-0.25, -0.2) is 0 Å². The van der Waals surface area contributed by atoms with Gasteiger partial charge in [-0.15, -0.1) is 5.92 Å². The Bertz CT molecular complexity index is 599. The van der Waals surface area contributed by atoms with Crippen molar-refractivity contribution in [2.75, 3.05) is 6.61 Å². The molecule has 0 fully saturated rings. The minimum Gasteiger partial charge on any atom is -0.460 e. The molecule has 0 unspecified atom stereocenters. The number of carbonyl (C=O) groups is 1. The van der Waals surface area contributed by atoms with Gasteiger partial charge in [0.25, 0.3) is 0 Å². The quantitative estimate of drug-likeness (QED) is 0.243. The van der Waals surface area contributed by atoms with E-state index in [4.69, 9.17) is 9.47 Å². The molecule has 1 aromatic carbocycles. The molecule has 3 heteroatoms. The highest BCUT2D eigenvalue weighted by Crippen LogP contribution is 2.12. The zero-order valence-electron chi connectivity index (χ0n) is 18.3. The molecule has 0 aromatic heterocycles. The van der Waals surface area contributed by atoms with Crippen LogP contribution in [0.4, 0.5) is 0 Å². The molecule has 0 radical (unpaired) electrons. The van der Waals surface area contributed by atoms with Crippen molar-refractivity contribution < 1.29 is 14.3 Å². The molecular formula is C25H38O3. The van der Waals surface area contributed by atoms with E-state index in [0.717, 1.165) is 17.5 Å². The fraction of sp³-hybridized carbons (Fsp3) is 0.640. The summed E-state index contributed by atoms with van der Waals surface area (Å²) in [5.74, 6) is 6.14. The number of aryl methyl sites for hydroxylation is 1. The Labute approximate surface area is 172 Å². The first-order chi connectivity index (χ1) is 13.4. The normalized spacial score (nSPS) is 11.0. The van der Waals surface area contributed by atoms with E-state index in [-0.39, 0.29) is 5.97 Å². The van der Waals surface area contributed by atoms with Crippen molar-refractivity contribution >= 4 is 5.97 Å². The Morgan fingerprint density at radius 1 is 0.929 bits per heavy atom. The van der Waals surface area contributed by atoms with Gasteiger partial charge in [0.05, 0.1) is 6.61 Å². The van der Waals surface area contributed by atoms with Crippen molar-refractivity contribution in [1.29, 1.82) is 0 Å². The van der Waals surface area contributed by atoms with E-state index < -0.39 is 5.60 Å². The number of ether oxygens (including phenoxy) is 2. The molecule has 0 saturated heterocycles. The van der Waals surface area contributed by atoms with E-state index in [1.54, 1.807) is 0 Å². The number of esters is 1. The second-order valence-corrected chi connectivity index (χ2v) is 8.27. The van der Waals surface area contributed by atoms with Crippen LogP contribution in [0.1, 0.15) is 90.2 Å². The molecule has 0 saturated carbocycles. The maximum Gasteiger partial charge on any atom is 0.306 e. The van der Waals surface area contributed by atoms with Crippen molar-refractivity contribution in [3.63, 3.8) is 0 Å². The predicted octanol–water partition coefficient (Wildman–Crippen LogP) is 6.23. The van der Waals surface area contributed by atoms with Gasteiger partial charge in [0.15, 0.2) is 0 Å². The number of hydrogen-bond acceptors (Lipinski definition) is 3. The van der Waals surface area contributed by atoms with Crippen LogP contribution >= 0.6 is 0 Å². The third-order valence-corrected chi connectivity index (χ3v) is 4.28. The summed E-state index contributed by atoms with van der Waals surface area (Å²) in [7, 11) is 0. The van der Waals surface area contributed by atoms with Gasteiger partial charge < -0.3 is 9.47 Å². The summed E-state index contributed by atoms with van der Waals surface area (Å²) in [6.45, 7) is 8.96. The van der Waals surface area contributed by atoms with Gasteiger partial charge in [0, 0.05) is 12.8 Å². The van der Waals surface area contributed by atoms with Crippen LogP contribution in [-0.4, -0.2) is 18.2 Å². The monoisotopic (exact) mass is 386 g/mol. The lowest BCUT2D eigenvalue weighted by molar-refractivity contribution is -0.154. The molecule has 1 rings (SSSR count). The van der Waals surface area contributed by atoms with Crippen LogP contribution in [0.5, 0.6) is 0 Å². The van der Waals surface area contributed by atoms with E-state index in [1.807, 2.05) is 45.0 Å². The highest BCUT2D eigenvalue weighted by molar-refractivity contribution is 5.70. The van der Waals surface area contributed by atoms with Crippen LogP contribution in [0.2, 0.25) is 0 Å². The molecule has 0 atom stereocenters. The lowest BCUT2D eigenvalue weighted by Gasteiger charge is -2.19. The van der Waals surface area contributed by atoms with Gasteiger partial charge in [-0.3, -0.25) is 4.79 Å². The zero-order chi connectivity index (χ0) is 20.7. The average molecular weight is 387 g/mol. The highest BCUT2D eigenvalue weighted by atomic mass is 16.6. The molecule has 3 nitrogen and oxygen atoms in total. The predicted molar refractivity (Wildman–Crippen MR) is 116 cm³/mol. The van der Waals surface area contributed by atoms with Crippen molar-refractivity contribution in [1.82, 2.24) is 0 Å². The Morgan fingerprint density at radius 3 is 2.25 bits per heavy atom. The molecule has 0 amide bonds. The maximum atomic E-state index is 11.8. The molecule has 0 aliphatic heterocycles. The van der Waals surface area contributed by atoms with Crippen LogP contribution in [0.3, 0.4) is 0 Å². The fourth-order valence-electron chi connectivity index (χ4n) is 2.79. The fourth-order valence-corrected chi connectivity index (χ4v) is 2.79. The smallest absolute Gasteiger partial charge is 0.306 e. The number of rotatable bonds is 12. The first-order valence-corrected chi connectivity index (χ1v) is 10.7. The number of carbonyl (C=O) groups excluding carboxylic acids is 1. The zero-order valence-corrected chi connectivity index (χ0v) is 18.3. The van der Waals surface area contributed by atoms with Gasteiger partial charge >= 0.3 is 5.97 Å². The number of unbranched alkanes of at least 4 members (excludes halogenated alkanes) is 6. The van der Waals surface area contributed by atoms with Crippen LogP contribution in [0, 0.1) is 11.8 Å². The van der Waals surface area contributed by atoms with Crippen LogP contribution in [0.15, 0.2) is 24.3 Å². The molecule has 156 valence electrons. The number of hydrogen-bond donors (Lipinski definition) is 0. The van der Waals surface area contributed by atoms with E-state index in [9.17, 15) is 4.79 Å². The lowest BCUT2D eigenvalue weighted by Crippen LogP contribution is -2.23. The van der Waals surface area contributed by atoms with Crippen molar-refractivity contribution in [3.8, 4) is 11.8 Å². The molecule has 1 aromatic rings. The minimum absolute atomic E-state index is 0.153. The van der Waals surface area contributed by atoms with E-state index >= 15 is 0 Å². The molecule has 0 bridgehead atoms. The van der Waals surface area contributed by atoms with Crippen LogP contribution < -0.4 is 0 Å². The molecule has 0 heterocycles. The second-order valence-electron chi connectivity index (χ2n) is 8.27. The van der Waals surface area contributed by atoms with Gasteiger partial charge in [0.2, 0.25) is 0 Å². The summed E-state index contributed by atoms with van der Waals surface area (Å²) in [5.41, 5.74) is 1.84. The molecule has 0 spiro atoms. The SMILES string of the molecule is CCCCCCCCC#CCOCc1ccc(CCC(=O)OC(C)(C)C)cc1. The molecule has 0 aliphatic rings. The Morgan fingerprint density at radius 2 is 1.57 bits per heavy atom. The number of benzene rings is 1. The van der Waals surface area contributed by atoms with Crippen LogP contribution in [0.25, 0.3) is 0 Å². The maximum absolute atomic E-state index is 11.8. The van der Waals surface area contributed by atoms with Crippen molar-refractivity contribution in [3.05, 3.63) is 35.4 Å². The summed E-state index contributed by atoms with van der Waals surface area (Å²) in [6, 6.07) is 8.20. The third kappa shape index (κ3) is 13.4. The average Bonchev–Trinajstić information content (AvgIpc) is 2.64. The topological polar surface area (TPSA) is 35.5 Å². The summed E-state index contributed by atoms with van der Waals surface area (Å²) in [4.78, 5) is 11.8.